The van der Waals surface area contributed by atoms with Gasteiger partial charge in [0.05, 0.1) is 21.5 Å². The van der Waals surface area contributed by atoms with Gasteiger partial charge in [0, 0.05) is 0 Å². The molecule has 0 aliphatic carbocycles. The van der Waals surface area contributed by atoms with E-state index >= 15 is 0 Å². The molecule has 0 aromatic rings. The first kappa shape index (κ1) is 26.7. The van der Waals surface area contributed by atoms with E-state index in [2.05, 4.69) is 6.92 Å². The minimum atomic E-state index is -4.29. The van der Waals surface area contributed by atoms with Gasteiger partial charge in [-0.1, -0.05) is 78.1 Å². The molecule has 0 saturated carbocycles. The van der Waals surface area contributed by atoms with E-state index in [1.54, 1.807) is 6.92 Å². The summed E-state index contributed by atoms with van der Waals surface area (Å²) in [5, 5.41) is 8.63. The van der Waals surface area contributed by atoms with Crippen LogP contribution in [0, 0.1) is 0 Å². The van der Waals surface area contributed by atoms with Gasteiger partial charge >= 0.3 is 51.4 Å². The summed E-state index contributed by atoms with van der Waals surface area (Å²) in [4.78, 5) is 0. The van der Waals surface area contributed by atoms with Crippen LogP contribution in [0.3, 0.4) is 0 Å². The molecule has 0 aromatic heterocycles. The molecule has 2 unspecified atom stereocenters. The molecule has 0 radical (unpaired) electrons. The molecule has 4 nitrogen and oxygen atoms in total. The molecule has 0 fully saturated rings. The molecule has 1 N–H and O–H groups in total. The Morgan fingerprint density at radius 3 is 1.70 bits per heavy atom. The minimum Gasteiger partial charge on any atom is -0.748 e. The quantitative estimate of drug-likeness (QED) is 0.267. The standard InChI is InChI=1S/C17H36O4S.K/c1-3-5-6-7-8-9-10-11-12-13-14-17(22(19,20)21)15-16(18)4-2;/h16-18H,3-15H2,1-2H3,(H,19,20,21);/q;+1/p-1. The Hall–Kier alpha value is 1.51. The molecular weight excluding hydrogens is 339 g/mol. The molecule has 0 bridgehead atoms. The van der Waals surface area contributed by atoms with E-state index in [0.717, 1.165) is 19.3 Å². The molecule has 0 amide bonds. The van der Waals surface area contributed by atoms with Gasteiger partial charge in [-0.25, -0.2) is 8.42 Å². The van der Waals surface area contributed by atoms with Crippen LogP contribution >= 0.6 is 0 Å². The van der Waals surface area contributed by atoms with Crippen molar-refractivity contribution in [2.24, 2.45) is 0 Å². The third kappa shape index (κ3) is 16.7. The van der Waals surface area contributed by atoms with Gasteiger partial charge in [0.2, 0.25) is 0 Å². The maximum atomic E-state index is 11.2. The Labute approximate surface area is 186 Å². The van der Waals surface area contributed by atoms with E-state index in [1.807, 2.05) is 0 Å². The van der Waals surface area contributed by atoms with Crippen LogP contribution in [0.15, 0.2) is 0 Å². The van der Waals surface area contributed by atoms with E-state index in [1.165, 1.54) is 44.9 Å². The zero-order valence-electron chi connectivity index (χ0n) is 15.4. The van der Waals surface area contributed by atoms with Crippen molar-refractivity contribution in [1.29, 1.82) is 0 Å². The van der Waals surface area contributed by atoms with Crippen LogP contribution in [-0.4, -0.2) is 29.4 Å². The van der Waals surface area contributed by atoms with Crippen molar-refractivity contribution in [1.82, 2.24) is 0 Å². The fraction of sp³-hybridized carbons (Fsp3) is 1.00. The Kier molecular flexibility index (Phi) is 19.7. The topological polar surface area (TPSA) is 77.4 Å². The largest absolute Gasteiger partial charge is 1.00 e. The first-order valence-corrected chi connectivity index (χ1v) is 10.5. The summed E-state index contributed by atoms with van der Waals surface area (Å²) in [6.45, 7) is 4.01. The van der Waals surface area contributed by atoms with Gasteiger partial charge in [-0.15, -0.1) is 0 Å². The van der Waals surface area contributed by atoms with Crippen LogP contribution in [0.5, 0.6) is 0 Å². The molecular formula is C17H35KO4S. The number of hydrogen-bond donors (Lipinski definition) is 1. The summed E-state index contributed by atoms with van der Waals surface area (Å²) in [5.74, 6) is 0. The molecule has 2 atom stereocenters. The summed E-state index contributed by atoms with van der Waals surface area (Å²) in [6, 6.07) is 0. The van der Waals surface area contributed by atoms with Crippen molar-refractivity contribution in [3.05, 3.63) is 0 Å². The SMILES string of the molecule is CCCCCCCCCCCCC(CC(O)CC)S(=O)(=O)[O-].[K+]. The summed E-state index contributed by atoms with van der Waals surface area (Å²) in [6.07, 6.45) is 12.1. The fourth-order valence-electron chi connectivity index (χ4n) is 2.71. The number of hydrogen-bond acceptors (Lipinski definition) is 4. The zero-order chi connectivity index (χ0) is 16.8. The third-order valence-corrected chi connectivity index (χ3v) is 5.54. The molecule has 0 aliphatic heterocycles. The summed E-state index contributed by atoms with van der Waals surface area (Å²) in [5.41, 5.74) is 0. The van der Waals surface area contributed by atoms with Crippen molar-refractivity contribution >= 4 is 10.1 Å². The monoisotopic (exact) mass is 374 g/mol. The second kappa shape index (κ2) is 16.9. The third-order valence-electron chi connectivity index (χ3n) is 4.29. The number of unbranched alkanes of at least 4 members (excludes halogenated alkanes) is 9. The maximum absolute atomic E-state index is 11.2. The smallest absolute Gasteiger partial charge is 0.748 e. The molecule has 0 rings (SSSR count). The molecule has 0 aromatic carbocycles. The Morgan fingerprint density at radius 2 is 1.30 bits per heavy atom. The first-order valence-electron chi connectivity index (χ1n) is 9.04. The Morgan fingerprint density at radius 1 is 0.870 bits per heavy atom. The van der Waals surface area contributed by atoms with Crippen LogP contribution < -0.4 is 51.4 Å². The molecule has 134 valence electrons. The molecule has 0 spiro atoms. The molecule has 0 saturated heterocycles. The molecule has 23 heavy (non-hydrogen) atoms. The summed E-state index contributed by atoms with van der Waals surface area (Å²) in [7, 11) is -4.29. The van der Waals surface area contributed by atoms with Crippen LogP contribution in [0.25, 0.3) is 0 Å². The van der Waals surface area contributed by atoms with Crippen molar-refractivity contribution in [2.75, 3.05) is 0 Å². The normalized spacial score (nSPS) is 14.3. The molecule has 6 heteroatoms. The zero-order valence-corrected chi connectivity index (χ0v) is 19.4. The average Bonchev–Trinajstić information content (AvgIpc) is 2.46. The maximum Gasteiger partial charge on any atom is 1.00 e. The van der Waals surface area contributed by atoms with E-state index in [0.29, 0.717) is 12.8 Å². The van der Waals surface area contributed by atoms with Crippen LogP contribution in [-0.2, 0) is 10.1 Å². The van der Waals surface area contributed by atoms with Crippen molar-refractivity contribution in [3.63, 3.8) is 0 Å². The van der Waals surface area contributed by atoms with E-state index in [-0.39, 0.29) is 57.8 Å². The average molecular weight is 375 g/mol. The van der Waals surface area contributed by atoms with E-state index < -0.39 is 21.5 Å². The Bertz CT molecular complexity index is 347. The van der Waals surface area contributed by atoms with Crippen LogP contribution in [0.4, 0.5) is 0 Å². The van der Waals surface area contributed by atoms with E-state index in [9.17, 15) is 18.1 Å². The minimum absolute atomic E-state index is 0. The van der Waals surface area contributed by atoms with Crippen LogP contribution in [0.2, 0.25) is 0 Å². The van der Waals surface area contributed by atoms with Gasteiger partial charge in [-0.05, 0) is 19.3 Å². The van der Waals surface area contributed by atoms with Gasteiger partial charge < -0.3 is 9.66 Å². The van der Waals surface area contributed by atoms with Gasteiger partial charge in [0.15, 0.2) is 0 Å². The second-order valence-electron chi connectivity index (χ2n) is 6.38. The second-order valence-corrected chi connectivity index (χ2v) is 8.04. The Balaban J connectivity index is 0. The van der Waals surface area contributed by atoms with E-state index in [4.69, 9.17) is 0 Å². The molecule has 0 heterocycles. The van der Waals surface area contributed by atoms with Gasteiger partial charge in [0.1, 0.15) is 0 Å². The number of aliphatic hydroxyl groups is 1. The van der Waals surface area contributed by atoms with Crippen molar-refractivity contribution in [3.8, 4) is 0 Å². The van der Waals surface area contributed by atoms with Crippen LogP contribution in [0.1, 0.15) is 97.3 Å². The predicted molar refractivity (Wildman–Crippen MR) is 90.9 cm³/mol. The summed E-state index contributed by atoms with van der Waals surface area (Å²) < 4.78 is 33.6. The number of aliphatic hydroxyl groups excluding tert-OH is 1. The summed E-state index contributed by atoms with van der Waals surface area (Å²) >= 11 is 0. The van der Waals surface area contributed by atoms with Gasteiger partial charge in [0.25, 0.3) is 0 Å². The van der Waals surface area contributed by atoms with Gasteiger partial charge in [-0.3, -0.25) is 0 Å². The van der Waals surface area contributed by atoms with Gasteiger partial charge in [-0.2, -0.15) is 0 Å². The van der Waals surface area contributed by atoms with Crippen molar-refractivity contribution in [2.45, 2.75) is 109 Å². The predicted octanol–water partition coefficient (Wildman–Crippen LogP) is 1.38. The number of rotatable bonds is 15. The van der Waals surface area contributed by atoms with Crippen molar-refractivity contribution < 1.29 is 69.5 Å². The first-order chi connectivity index (χ1) is 10.4. The fourth-order valence-corrected chi connectivity index (χ4v) is 3.62. The molecule has 0 aliphatic rings.